The van der Waals surface area contributed by atoms with Gasteiger partial charge < -0.3 is 5.32 Å². The number of rotatable bonds is 7. The molecule has 0 amide bonds. The molecule has 13 heavy (non-hydrogen) atoms. The summed E-state index contributed by atoms with van der Waals surface area (Å²) in [6.07, 6.45) is 3.84. The maximum absolute atomic E-state index is 8.86. The second kappa shape index (κ2) is 7.23. The molecule has 0 bridgehead atoms. The van der Waals surface area contributed by atoms with E-state index in [4.69, 9.17) is 5.26 Å². The van der Waals surface area contributed by atoms with Crippen molar-refractivity contribution in [3.05, 3.63) is 0 Å². The summed E-state index contributed by atoms with van der Waals surface area (Å²) in [5.41, 5.74) is -0.350. The molecule has 0 aliphatic heterocycles. The molecule has 0 radical (unpaired) electrons. The predicted octanol–water partition coefficient (Wildman–Crippen LogP) is 2.41. The zero-order chi connectivity index (χ0) is 10.2. The molecule has 0 aromatic rings. The lowest BCUT2D eigenvalue weighted by Crippen LogP contribution is -2.40. The zero-order valence-corrected chi connectivity index (χ0v) is 9.71. The van der Waals surface area contributed by atoms with E-state index in [1.807, 2.05) is 25.7 Å². The number of hydrogen-bond donors (Lipinski definition) is 1. The van der Waals surface area contributed by atoms with Crippen molar-refractivity contribution in [3.8, 4) is 6.07 Å². The third kappa shape index (κ3) is 5.95. The van der Waals surface area contributed by atoms with E-state index in [9.17, 15) is 0 Å². The van der Waals surface area contributed by atoms with Crippen LogP contribution in [0.4, 0.5) is 0 Å². The van der Waals surface area contributed by atoms with E-state index in [-0.39, 0.29) is 5.54 Å². The van der Waals surface area contributed by atoms with E-state index in [0.717, 1.165) is 5.75 Å². The van der Waals surface area contributed by atoms with Gasteiger partial charge in [-0.1, -0.05) is 19.8 Å². The van der Waals surface area contributed by atoms with Crippen molar-refractivity contribution in [1.82, 2.24) is 5.32 Å². The van der Waals surface area contributed by atoms with Crippen molar-refractivity contribution in [3.63, 3.8) is 0 Å². The van der Waals surface area contributed by atoms with E-state index in [1.165, 1.54) is 25.0 Å². The van der Waals surface area contributed by atoms with Crippen LogP contribution in [0.25, 0.3) is 0 Å². The number of hydrogen-bond acceptors (Lipinski definition) is 3. The van der Waals surface area contributed by atoms with E-state index in [2.05, 4.69) is 18.3 Å². The standard InChI is InChI=1S/C10H20N2S/c1-4-5-6-7-13-9-10(2,8-11)12-3/h12H,4-7,9H2,1-3H3. The van der Waals surface area contributed by atoms with Crippen LogP contribution in [0, 0.1) is 11.3 Å². The molecule has 2 nitrogen and oxygen atoms in total. The number of nitrogens with zero attached hydrogens (tertiary/aromatic N) is 1. The van der Waals surface area contributed by atoms with Crippen LogP contribution in [-0.2, 0) is 0 Å². The monoisotopic (exact) mass is 200 g/mol. The van der Waals surface area contributed by atoms with Crippen LogP contribution in [0.2, 0.25) is 0 Å². The summed E-state index contributed by atoms with van der Waals surface area (Å²) in [5, 5.41) is 11.9. The molecule has 1 N–H and O–H groups in total. The second-order valence-electron chi connectivity index (χ2n) is 3.45. The van der Waals surface area contributed by atoms with E-state index in [1.54, 1.807) is 0 Å². The van der Waals surface area contributed by atoms with Crippen LogP contribution in [0.3, 0.4) is 0 Å². The van der Waals surface area contributed by atoms with E-state index >= 15 is 0 Å². The van der Waals surface area contributed by atoms with Crippen LogP contribution in [0.15, 0.2) is 0 Å². The maximum atomic E-state index is 8.86. The molecular weight excluding hydrogens is 180 g/mol. The van der Waals surface area contributed by atoms with Gasteiger partial charge in [0.05, 0.1) is 6.07 Å². The van der Waals surface area contributed by atoms with Gasteiger partial charge in [-0.25, -0.2) is 0 Å². The molecule has 0 aromatic carbocycles. The summed E-state index contributed by atoms with van der Waals surface area (Å²) in [5.74, 6) is 2.05. The van der Waals surface area contributed by atoms with Crippen LogP contribution < -0.4 is 5.32 Å². The third-order valence-electron chi connectivity index (χ3n) is 2.08. The highest BCUT2D eigenvalue weighted by Gasteiger charge is 2.20. The van der Waals surface area contributed by atoms with Gasteiger partial charge in [-0.3, -0.25) is 0 Å². The fraction of sp³-hybridized carbons (Fsp3) is 0.900. The van der Waals surface area contributed by atoms with Gasteiger partial charge in [-0.2, -0.15) is 17.0 Å². The molecule has 3 heteroatoms. The summed E-state index contributed by atoms with van der Waals surface area (Å²) in [6, 6.07) is 2.29. The molecule has 0 saturated heterocycles. The number of thioether (sulfide) groups is 1. The molecule has 0 aromatic heterocycles. The Balaban J connectivity index is 3.46. The predicted molar refractivity (Wildman–Crippen MR) is 59.9 cm³/mol. The first-order valence-electron chi connectivity index (χ1n) is 4.86. The van der Waals surface area contributed by atoms with Crippen LogP contribution >= 0.6 is 11.8 Å². The third-order valence-corrected chi connectivity index (χ3v) is 3.44. The average molecular weight is 200 g/mol. The normalized spacial score (nSPS) is 14.9. The first-order chi connectivity index (χ1) is 6.18. The Hall–Kier alpha value is -0.200. The fourth-order valence-corrected chi connectivity index (χ4v) is 2.06. The Morgan fingerprint density at radius 1 is 1.46 bits per heavy atom. The molecule has 0 fully saturated rings. The minimum Gasteiger partial charge on any atom is -0.302 e. The second-order valence-corrected chi connectivity index (χ2v) is 4.56. The lowest BCUT2D eigenvalue weighted by atomic mass is 10.1. The maximum Gasteiger partial charge on any atom is 0.112 e. The highest BCUT2D eigenvalue weighted by molar-refractivity contribution is 7.99. The number of nitrogens with one attached hydrogen (secondary N) is 1. The largest absolute Gasteiger partial charge is 0.302 e. The van der Waals surface area contributed by atoms with Crippen molar-refractivity contribution in [2.24, 2.45) is 0 Å². The van der Waals surface area contributed by atoms with Crippen LogP contribution in [0.1, 0.15) is 33.1 Å². The van der Waals surface area contributed by atoms with Gasteiger partial charge in [-0.15, -0.1) is 0 Å². The molecule has 0 heterocycles. The van der Waals surface area contributed by atoms with Crippen molar-refractivity contribution in [2.45, 2.75) is 38.6 Å². The van der Waals surface area contributed by atoms with Gasteiger partial charge in [0.1, 0.15) is 5.54 Å². The fourth-order valence-electron chi connectivity index (χ4n) is 0.891. The Morgan fingerprint density at radius 2 is 2.15 bits per heavy atom. The quantitative estimate of drug-likeness (QED) is 0.641. The summed E-state index contributed by atoms with van der Waals surface area (Å²) >= 11 is 1.86. The smallest absolute Gasteiger partial charge is 0.112 e. The number of unbranched alkanes of at least 4 members (excludes halogenated alkanes) is 2. The van der Waals surface area contributed by atoms with Gasteiger partial charge in [0.2, 0.25) is 0 Å². The highest BCUT2D eigenvalue weighted by atomic mass is 32.2. The highest BCUT2D eigenvalue weighted by Crippen LogP contribution is 2.13. The van der Waals surface area contributed by atoms with E-state index in [0.29, 0.717) is 0 Å². The van der Waals surface area contributed by atoms with Gasteiger partial charge in [0.15, 0.2) is 0 Å². The lowest BCUT2D eigenvalue weighted by molar-refractivity contribution is 0.550. The molecule has 76 valence electrons. The van der Waals surface area contributed by atoms with Crippen molar-refractivity contribution in [1.29, 1.82) is 5.26 Å². The lowest BCUT2D eigenvalue weighted by Gasteiger charge is -2.19. The molecule has 0 rings (SSSR count). The molecule has 0 aliphatic rings. The molecule has 0 saturated carbocycles. The van der Waals surface area contributed by atoms with Gasteiger partial charge in [0, 0.05) is 5.75 Å². The number of nitriles is 1. The molecule has 1 unspecified atom stereocenters. The Bertz CT molecular complexity index is 165. The SMILES string of the molecule is CCCCCSCC(C)(C#N)NC. The molecule has 1 atom stereocenters. The summed E-state index contributed by atoms with van der Waals surface area (Å²) in [7, 11) is 1.84. The van der Waals surface area contributed by atoms with Crippen molar-refractivity contribution < 1.29 is 0 Å². The Kier molecular flexibility index (Phi) is 7.12. The average Bonchev–Trinajstić information content (AvgIpc) is 2.17. The minimum atomic E-state index is -0.350. The first-order valence-corrected chi connectivity index (χ1v) is 6.02. The Labute approximate surface area is 86.1 Å². The van der Waals surface area contributed by atoms with Crippen molar-refractivity contribution in [2.75, 3.05) is 18.6 Å². The summed E-state index contributed by atoms with van der Waals surface area (Å²) in [6.45, 7) is 4.15. The van der Waals surface area contributed by atoms with E-state index < -0.39 is 0 Å². The molecule has 0 spiro atoms. The summed E-state index contributed by atoms with van der Waals surface area (Å²) in [4.78, 5) is 0. The zero-order valence-electron chi connectivity index (χ0n) is 8.89. The first kappa shape index (κ1) is 12.8. The summed E-state index contributed by atoms with van der Waals surface area (Å²) < 4.78 is 0. The Morgan fingerprint density at radius 3 is 2.62 bits per heavy atom. The molecule has 0 aliphatic carbocycles. The van der Waals surface area contributed by atoms with Gasteiger partial charge >= 0.3 is 0 Å². The van der Waals surface area contributed by atoms with Gasteiger partial charge in [0.25, 0.3) is 0 Å². The van der Waals surface area contributed by atoms with Crippen LogP contribution in [-0.4, -0.2) is 24.1 Å². The molecular formula is C10H20N2S. The van der Waals surface area contributed by atoms with Gasteiger partial charge in [-0.05, 0) is 26.1 Å². The van der Waals surface area contributed by atoms with Crippen molar-refractivity contribution >= 4 is 11.8 Å². The minimum absolute atomic E-state index is 0.350. The van der Waals surface area contributed by atoms with Crippen LogP contribution in [0.5, 0.6) is 0 Å². The topological polar surface area (TPSA) is 35.8 Å².